The number of methoxy groups -OCH3 is 1. The Labute approximate surface area is 152 Å². The topological polar surface area (TPSA) is 113 Å². The van der Waals surface area contributed by atoms with Gasteiger partial charge in [0.15, 0.2) is 5.82 Å². The van der Waals surface area contributed by atoms with Crippen molar-refractivity contribution in [3.8, 4) is 11.9 Å². The molecule has 26 heavy (non-hydrogen) atoms. The molecule has 0 aromatic carbocycles. The van der Waals surface area contributed by atoms with Gasteiger partial charge in [0, 0.05) is 13.1 Å². The monoisotopic (exact) mass is 361 g/mol. The maximum Gasteiger partial charge on any atom is 0.341 e. The molecule has 0 aliphatic carbocycles. The van der Waals surface area contributed by atoms with Crippen LogP contribution in [-0.2, 0) is 9.53 Å². The fourth-order valence-corrected chi connectivity index (χ4v) is 2.83. The molecule has 0 spiro atoms. The minimum atomic E-state index is -1.21. The van der Waals surface area contributed by atoms with Gasteiger partial charge in [-0.1, -0.05) is 0 Å². The molecule has 0 atom stereocenters. The van der Waals surface area contributed by atoms with Gasteiger partial charge in [0.1, 0.15) is 17.2 Å². The Hall–Kier alpha value is -2.82. The number of carbonyl (C=O) groups is 2. The molecule has 1 aliphatic heterocycles. The number of esters is 1. The highest BCUT2D eigenvalue weighted by atomic mass is 16.6. The van der Waals surface area contributed by atoms with Gasteiger partial charge in [-0.05, 0) is 39.7 Å². The minimum absolute atomic E-state index is 0.0410. The average molecular weight is 361 g/mol. The highest BCUT2D eigenvalue weighted by Crippen LogP contribution is 2.30. The van der Waals surface area contributed by atoms with E-state index in [1.54, 1.807) is 0 Å². The molecule has 0 radical (unpaired) electrons. The Kier molecular flexibility index (Phi) is 5.70. The van der Waals surface area contributed by atoms with Gasteiger partial charge in [-0.15, -0.1) is 0 Å². The number of nitriles is 1. The molecular weight excluding hydrogens is 338 g/mol. The summed E-state index contributed by atoms with van der Waals surface area (Å²) in [6.45, 7) is 6.53. The van der Waals surface area contributed by atoms with Crippen LogP contribution in [0.5, 0.6) is 5.88 Å². The van der Waals surface area contributed by atoms with Crippen molar-refractivity contribution in [3.05, 3.63) is 17.2 Å². The number of aromatic carboxylic acids is 1. The van der Waals surface area contributed by atoms with E-state index in [1.165, 1.54) is 13.2 Å². The van der Waals surface area contributed by atoms with Crippen LogP contribution in [0.2, 0.25) is 0 Å². The number of nitrogens with zero attached hydrogens (tertiary/aromatic N) is 3. The number of hydrogen-bond donors (Lipinski definition) is 1. The van der Waals surface area contributed by atoms with Crippen molar-refractivity contribution in [1.82, 2.24) is 4.98 Å². The zero-order valence-corrected chi connectivity index (χ0v) is 15.4. The Morgan fingerprint density at radius 2 is 1.96 bits per heavy atom. The minimum Gasteiger partial charge on any atom is -0.480 e. The van der Waals surface area contributed by atoms with E-state index in [0.717, 1.165) is 0 Å². The maximum absolute atomic E-state index is 12.2. The highest BCUT2D eigenvalue weighted by Gasteiger charge is 2.31. The number of pyridine rings is 1. The molecular formula is C18H23N3O5. The lowest BCUT2D eigenvalue weighted by Gasteiger charge is -2.33. The molecule has 1 aliphatic rings. The van der Waals surface area contributed by atoms with Gasteiger partial charge in [0.05, 0.1) is 18.6 Å². The van der Waals surface area contributed by atoms with E-state index < -0.39 is 11.6 Å². The van der Waals surface area contributed by atoms with Crippen LogP contribution < -0.4 is 9.64 Å². The number of aromatic nitrogens is 1. The van der Waals surface area contributed by atoms with Crippen LogP contribution in [0.25, 0.3) is 0 Å². The standard InChI is InChI=1S/C18H23N3O5/c1-18(2,3)26-17(24)11-5-7-21(8-6-11)14-12(10-19)9-13(16(22)23)15(20-14)25-4/h9,11H,5-8H2,1-4H3,(H,22,23). The third kappa shape index (κ3) is 4.42. The van der Waals surface area contributed by atoms with Crippen molar-refractivity contribution in [2.45, 2.75) is 39.2 Å². The lowest BCUT2D eigenvalue weighted by Crippen LogP contribution is -2.39. The summed E-state index contributed by atoms with van der Waals surface area (Å²) in [5.41, 5.74) is -0.514. The van der Waals surface area contributed by atoms with Gasteiger partial charge in [-0.3, -0.25) is 4.79 Å². The van der Waals surface area contributed by atoms with E-state index >= 15 is 0 Å². The molecule has 1 aromatic rings. The summed E-state index contributed by atoms with van der Waals surface area (Å²) in [7, 11) is 1.33. The normalized spacial score (nSPS) is 15.3. The summed E-state index contributed by atoms with van der Waals surface area (Å²) in [5.74, 6) is -1.29. The molecule has 0 bridgehead atoms. The number of anilines is 1. The number of rotatable bonds is 4. The zero-order chi connectivity index (χ0) is 19.5. The Balaban J connectivity index is 2.18. The van der Waals surface area contributed by atoms with Crippen LogP contribution >= 0.6 is 0 Å². The predicted octanol–water partition coefficient (Wildman–Crippen LogP) is 2.22. The van der Waals surface area contributed by atoms with Gasteiger partial charge >= 0.3 is 11.9 Å². The molecule has 0 amide bonds. The quantitative estimate of drug-likeness (QED) is 0.812. The fourth-order valence-electron chi connectivity index (χ4n) is 2.83. The zero-order valence-electron chi connectivity index (χ0n) is 15.4. The van der Waals surface area contributed by atoms with Crippen LogP contribution in [-0.4, -0.2) is 47.8 Å². The molecule has 0 saturated carbocycles. The molecule has 2 rings (SSSR count). The number of hydrogen-bond acceptors (Lipinski definition) is 7. The van der Waals surface area contributed by atoms with Gasteiger partial charge in [-0.2, -0.15) is 10.2 Å². The Morgan fingerprint density at radius 3 is 2.42 bits per heavy atom. The second-order valence-electron chi connectivity index (χ2n) is 7.13. The largest absolute Gasteiger partial charge is 0.480 e. The number of piperidine rings is 1. The van der Waals surface area contributed by atoms with Crippen molar-refractivity contribution >= 4 is 17.8 Å². The smallest absolute Gasteiger partial charge is 0.341 e. The van der Waals surface area contributed by atoms with E-state index in [0.29, 0.717) is 31.7 Å². The van der Waals surface area contributed by atoms with Crippen LogP contribution in [0.4, 0.5) is 5.82 Å². The lowest BCUT2D eigenvalue weighted by atomic mass is 9.96. The molecule has 1 fully saturated rings. The van der Waals surface area contributed by atoms with Crippen molar-refractivity contribution < 1.29 is 24.2 Å². The first-order chi connectivity index (χ1) is 12.2. The van der Waals surface area contributed by atoms with Crippen molar-refractivity contribution in [2.24, 2.45) is 5.92 Å². The predicted molar refractivity (Wildman–Crippen MR) is 93.2 cm³/mol. The highest BCUT2D eigenvalue weighted by molar-refractivity contribution is 5.91. The molecule has 8 nitrogen and oxygen atoms in total. The van der Waals surface area contributed by atoms with E-state index in [9.17, 15) is 20.0 Å². The SMILES string of the molecule is COc1nc(N2CCC(C(=O)OC(C)(C)C)CC2)c(C#N)cc1C(=O)O. The summed E-state index contributed by atoms with van der Waals surface area (Å²) in [5, 5.41) is 18.6. The van der Waals surface area contributed by atoms with E-state index in [1.807, 2.05) is 31.7 Å². The van der Waals surface area contributed by atoms with Gasteiger partial charge in [0.25, 0.3) is 0 Å². The summed E-state index contributed by atoms with van der Waals surface area (Å²) in [6, 6.07) is 3.26. The number of carboxylic acid groups (broad SMARTS) is 1. The van der Waals surface area contributed by atoms with Crippen molar-refractivity contribution in [3.63, 3.8) is 0 Å². The van der Waals surface area contributed by atoms with E-state index in [4.69, 9.17) is 9.47 Å². The number of carbonyl (C=O) groups excluding carboxylic acids is 1. The third-order valence-electron chi connectivity index (χ3n) is 4.05. The van der Waals surface area contributed by atoms with Crippen LogP contribution in [0.3, 0.4) is 0 Å². The van der Waals surface area contributed by atoms with E-state index in [-0.39, 0.29) is 28.9 Å². The van der Waals surface area contributed by atoms with Crippen molar-refractivity contribution in [1.29, 1.82) is 5.26 Å². The molecule has 1 aromatic heterocycles. The molecule has 1 N–H and O–H groups in total. The second-order valence-corrected chi connectivity index (χ2v) is 7.13. The molecule has 140 valence electrons. The summed E-state index contributed by atoms with van der Waals surface area (Å²) in [6.07, 6.45) is 1.15. The fraction of sp³-hybridized carbons (Fsp3) is 0.556. The molecule has 0 unspecified atom stereocenters. The molecule has 8 heteroatoms. The van der Waals surface area contributed by atoms with Crippen LogP contribution in [0.1, 0.15) is 49.5 Å². The molecule has 2 heterocycles. The summed E-state index contributed by atoms with van der Waals surface area (Å²) < 4.78 is 10.5. The Morgan fingerprint density at radius 1 is 1.35 bits per heavy atom. The third-order valence-corrected chi connectivity index (χ3v) is 4.05. The van der Waals surface area contributed by atoms with Crippen molar-refractivity contribution in [2.75, 3.05) is 25.1 Å². The summed E-state index contributed by atoms with van der Waals surface area (Å²) in [4.78, 5) is 29.6. The lowest BCUT2D eigenvalue weighted by molar-refractivity contribution is -0.160. The first-order valence-electron chi connectivity index (χ1n) is 8.36. The second kappa shape index (κ2) is 7.60. The first kappa shape index (κ1) is 19.5. The van der Waals surface area contributed by atoms with Gasteiger partial charge < -0.3 is 19.5 Å². The maximum atomic E-state index is 12.2. The first-order valence-corrected chi connectivity index (χ1v) is 8.36. The summed E-state index contributed by atoms with van der Waals surface area (Å²) >= 11 is 0. The number of ether oxygens (including phenoxy) is 2. The van der Waals surface area contributed by atoms with Gasteiger partial charge in [-0.25, -0.2) is 4.79 Å². The van der Waals surface area contributed by atoms with E-state index in [2.05, 4.69) is 4.98 Å². The number of carboxylic acids is 1. The molecule has 1 saturated heterocycles. The van der Waals surface area contributed by atoms with Crippen LogP contribution in [0, 0.1) is 17.2 Å². The Bertz CT molecular complexity index is 740. The average Bonchev–Trinajstić information content (AvgIpc) is 2.59. The van der Waals surface area contributed by atoms with Gasteiger partial charge in [0.2, 0.25) is 5.88 Å². The van der Waals surface area contributed by atoms with Crippen LogP contribution in [0.15, 0.2) is 6.07 Å².